The predicted octanol–water partition coefficient (Wildman–Crippen LogP) is 3.02. The summed E-state index contributed by atoms with van der Waals surface area (Å²) in [6.45, 7) is 1.54. The fourth-order valence-corrected chi connectivity index (χ4v) is 2.26. The third kappa shape index (κ3) is 2.45. The molecule has 1 fully saturated rings. The number of likely N-dealkylation sites (tertiary alicyclic amines) is 1. The zero-order valence-electron chi connectivity index (χ0n) is 9.50. The first kappa shape index (κ1) is 12.0. The molecule has 1 aliphatic heterocycles. The van der Waals surface area contributed by atoms with Crippen molar-refractivity contribution < 1.29 is 8.78 Å². The standard InChI is InChI=1S/C13H14F2N2/c14-11-6-4-5-10(13(11)15)12(9-16)17-7-2-1-3-8-17/h4-6,12H,1-3,7-8H2. The second-order valence-corrected chi connectivity index (χ2v) is 4.27. The largest absolute Gasteiger partial charge is 0.284 e. The molecule has 1 aromatic rings. The van der Waals surface area contributed by atoms with Gasteiger partial charge in [-0.15, -0.1) is 0 Å². The van der Waals surface area contributed by atoms with Crippen LogP contribution in [0, 0.1) is 23.0 Å². The first-order valence-electron chi connectivity index (χ1n) is 5.81. The van der Waals surface area contributed by atoms with Gasteiger partial charge in [0.15, 0.2) is 11.6 Å². The summed E-state index contributed by atoms with van der Waals surface area (Å²) in [4.78, 5) is 1.92. The van der Waals surface area contributed by atoms with Gasteiger partial charge >= 0.3 is 0 Å². The van der Waals surface area contributed by atoms with Gasteiger partial charge in [-0.2, -0.15) is 5.26 Å². The van der Waals surface area contributed by atoms with Crippen LogP contribution in [0.15, 0.2) is 18.2 Å². The van der Waals surface area contributed by atoms with Crippen molar-refractivity contribution in [2.75, 3.05) is 13.1 Å². The van der Waals surface area contributed by atoms with E-state index in [2.05, 4.69) is 6.07 Å². The lowest BCUT2D eigenvalue weighted by molar-refractivity contribution is 0.192. The Kier molecular flexibility index (Phi) is 3.70. The van der Waals surface area contributed by atoms with Crippen molar-refractivity contribution in [3.05, 3.63) is 35.4 Å². The van der Waals surface area contributed by atoms with Gasteiger partial charge in [0, 0.05) is 5.56 Å². The van der Waals surface area contributed by atoms with Gasteiger partial charge < -0.3 is 0 Å². The molecule has 0 aliphatic carbocycles. The molecule has 0 bridgehead atoms. The minimum absolute atomic E-state index is 0.148. The number of halogens is 2. The number of hydrogen-bond acceptors (Lipinski definition) is 2. The molecule has 2 rings (SSSR count). The zero-order chi connectivity index (χ0) is 12.3. The van der Waals surface area contributed by atoms with E-state index in [0.717, 1.165) is 38.4 Å². The summed E-state index contributed by atoms with van der Waals surface area (Å²) >= 11 is 0. The summed E-state index contributed by atoms with van der Waals surface area (Å²) < 4.78 is 26.8. The Morgan fingerprint density at radius 1 is 1.18 bits per heavy atom. The molecule has 0 spiro atoms. The number of nitriles is 1. The van der Waals surface area contributed by atoms with Crippen molar-refractivity contribution in [1.82, 2.24) is 4.90 Å². The smallest absolute Gasteiger partial charge is 0.164 e. The van der Waals surface area contributed by atoms with Crippen molar-refractivity contribution in [3.8, 4) is 6.07 Å². The van der Waals surface area contributed by atoms with Gasteiger partial charge in [-0.1, -0.05) is 18.6 Å². The average molecular weight is 236 g/mol. The van der Waals surface area contributed by atoms with Crippen molar-refractivity contribution >= 4 is 0 Å². The number of benzene rings is 1. The number of nitrogens with zero attached hydrogens (tertiary/aromatic N) is 2. The van der Waals surface area contributed by atoms with Crippen LogP contribution >= 0.6 is 0 Å². The zero-order valence-corrected chi connectivity index (χ0v) is 9.50. The van der Waals surface area contributed by atoms with Crippen molar-refractivity contribution in [1.29, 1.82) is 5.26 Å². The Labute approximate surface area is 99.5 Å². The molecule has 1 atom stereocenters. The fourth-order valence-electron chi connectivity index (χ4n) is 2.26. The van der Waals surface area contributed by atoms with Crippen molar-refractivity contribution in [2.24, 2.45) is 0 Å². The number of rotatable bonds is 2. The van der Waals surface area contributed by atoms with Crippen LogP contribution in [-0.4, -0.2) is 18.0 Å². The summed E-state index contributed by atoms with van der Waals surface area (Å²) in [5, 5.41) is 9.17. The predicted molar refractivity (Wildman–Crippen MR) is 60.1 cm³/mol. The lowest BCUT2D eigenvalue weighted by Crippen LogP contribution is -2.33. The van der Waals surface area contributed by atoms with Gasteiger partial charge in [-0.05, 0) is 32.0 Å². The first-order chi connectivity index (χ1) is 8.24. The Bertz CT molecular complexity index is 434. The second-order valence-electron chi connectivity index (χ2n) is 4.27. The molecule has 0 radical (unpaired) electrons. The molecule has 2 nitrogen and oxygen atoms in total. The summed E-state index contributed by atoms with van der Waals surface area (Å²) in [6.07, 6.45) is 3.16. The van der Waals surface area contributed by atoms with E-state index >= 15 is 0 Å². The molecule has 1 unspecified atom stereocenters. The Morgan fingerprint density at radius 2 is 1.88 bits per heavy atom. The van der Waals surface area contributed by atoms with Gasteiger partial charge in [-0.3, -0.25) is 4.90 Å². The molecule has 1 aliphatic rings. The molecule has 0 aromatic heterocycles. The maximum atomic E-state index is 13.6. The van der Waals surface area contributed by atoms with Crippen LogP contribution < -0.4 is 0 Å². The van der Waals surface area contributed by atoms with E-state index in [4.69, 9.17) is 5.26 Å². The van der Waals surface area contributed by atoms with Gasteiger partial charge in [0.25, 0.3) is 0 Å². The Morgan fingerprint density at radius 3 is 2.53 bits per heavy atom. The molecule has 4 heteroatoms. The van der Waals surface area contributed by atoms with E-state index in [1.165, 1.54) is 12.1 Å². The molecule has 0 saturated carbocycles. The van der Waals surface area contributed by atoms with Crippen molar-refractivity contribution in [2.45, 2.75) is 25.3 Å². The van der Waals surface area contributed by atoms with E-state index in [1.54, 1.807) is 0 Å². The number of hydrogen-bond donors (Lipinski definition) is 0. The highest BCUT2D eigenvalue weighted by Gasteiger charge is 2.25. The molecule has 1 heterocycles. The topological polar surface area (TPSA) is 27.0 Å². The van der Waals surface area contributed by atoms with E-state index in [9.17, 15) is 8.78 Å². The van der Waals surface area contributed by atoms with Crippen LogP contribution in [0.1, 0.15) is 30.9 Å². The quantitative estimate of drug-likeness (QED) is 0.789. The Hall–Kier alpha value is -1.47. The normalized spacial score (nSPS) is 18.6. The molecule has 1 aromatic carbocycles. The van der Waals surface area contributed by atoms with E-state index in [-0.39, 0.29) is 5.56 Å². The summed E-state index contributed by atoms with van der Waals surface area (Å²) in [5.74, 6) is -1.79. The summed E-state index contributed by atoms with van der Waals surface area (Å²) in [6, 6.07) is 5.41. The van der Waals surface area contributed by atoms with Crippen LogP contribution in [0.5, 0.6) is 0 Å². The fraction of sp³-hybridized carbons (Fsp3) is 0.462. The van der Waals surface area contributed by atoms with Crippen LogP contribution in [0.3, 0.4) is 0 Å². The van der Waals surface area contributed by atoms with Crippen LogP contribution in [0.25, 0.3) is 0 Å². The maximum Gasteiger partial charge on any atom is 0.164 e. The monoisotopic (exact) mass is 236 g/mol. The lowest BCUT2D eigenvalue weighted by Gasteiger charge is -2.30. The molecule has 90 valence electrons. The van der Waals surface area contributed by atoms with E-state index in [1.807, 2.05) is 4.90 Å². The minimum atomic E-state index is -0.898. The van der Waals surface area contributed by atoms with Gasteiger partial charge in [0.05, 0.1) is 6.07 Å². The lowest BCUT2D eigenvalue weighted by atomic mass is 10.0. The third-order valence-electron chi connectivity index (χ3n) is 3.15. The molecule has 1 saturated heterocycles. The van der Waals surface area contributed by atoms with E-state index in [0.29, 0.717) is 0 Å². The highest BCUT2D eigenvalue weighted by atomic mass is 19.2. The molecule has 0 N–H and O–H groups in total. The number of piperidine rings is 1. The van der Waals surface area contributed by atoms with Gasteiger partial charge in [0.2, 0.25) is 0 Å². The molecular formula is C13H14F2N2. The third-order valence-corrected chi connectivity index (χ3v) is 3.15. The first-order valence-corrected chi connectivity index (χ1v) is 5.81. The minimum Gasteiger partial charge on any atom is -0.284 e. The van der Waals surface area contributed by atoms with Crippen molar-refractivity contribution in [3.63, 3.8) is 0 Å². The van der Waals surface area contributed by atoms with Crippen LogP contribution in [-0.2, 0) is 0 Å². The van der Waals surface area contributed by atoms with Crippen LogP contribution in [0.4, 0.5) is 8.78 Å². The van der Waals surface area contributed by atoms with Gasteiger partial charge in [-0.25, -0.2) is 8.78 Å². The second kappa shape index (κ2) is 5.24. The van der Waals surface area contributed by atoms with Gasteiger partial charge in [0.1, 0.15) is 6.04 Å². The average Bonchev–Trinajstić information content (AvgIpc) is 2.37. The highest BCUT2D eigenvalue weighted by molar-refractivity contribution is 5.27. The highest BCUT2D eigenvalue weighted by Crippen LogP contribution is 2.26. The summed E-state index contributed by atoms with van der Waals surface area (Å²) in [5.41, 5.74) is 0.148. The maximum absolute atomic E-state index is 13.6. The summed E-state index contributed by atoms with van der Waals surface area (Å²) in [7, 11) is 0. The molecular weight excluding hydrogens is 222 g/mol. The molecule has 0 amide bonds. The SMILES string of the molecule is N#CC(c1cccc(F)c1F)N1CCCCC1. The Balaban J connectivity index is 2.29. The van der Waals surface area contributed by atoms with Crippen LogP contribution in [0.2, 0.25) is 0 Å². The van der Waals surface area contributed by atoms with E-state index < -0.39 is 17.7 Å². The molecule has 17 heavy (non-hydrogen) atoms.